The number of rotatable bonds is 5. The average Bonchev–Trinajstić information content (AvgIpc) is 2.48. The van der Waals surface area contributed by atoms with Crippen LogP contribution >= 0.6 is 11.6 Å². The van der Waals surface area contributed by atoms with Gasteiger partial charge < -0.3 is 4.74 Å². The molecule has 0 atom stereocenters. The van der Waals surface area contributed by atoms with Crippen molar-refractivity contribution in [2.75, 3.05) is 7.11 Å². The number of nitrogens with one attached hydrogen (secondary N) is 1. The van der Waals surface area contributed by atoms with Gasteiger partial charge in [0.2, 0.25) is 15.9 Å². The predicted molar refractivity (Wildman–Crippen MR) is 81.0 cm³/mol. The number of ether oxygens (including phenoxy) is 1. The van der Waals surface area contributed by atoms with Gasteiger partial charge in [0, 0.05) is 23.8 Å². The summed E-state index contributed by atoms with van der Waals surface area (Å²) in [5, 5.41) is 0.420. The molecule has 0 aliphatic carbocycles. The Morgan fingerprint density at radius 1 is 1.29 bits per heavy atom. The zero-order valence-electron chi connectivity index (χ0n) is 11.6. The standard InChI is InChI=1S/C14H15ClN2O3S/c1-10-3-4-12(8-13(10)15)21(18,19)17-9-11-5-6-16-14(7-11)20-2/h3-8,17H,9H2,1-2H3. The van der Waals surface area contributed by atoms with Crippen LogP contribution in [0, 0.1) is 6.92 Å². The molecule has 0 saturated carbocycles. The molecule has 112 valence electrons. The molecule has 0 fully saturated rings. The topological polar surface area (TPSA) is 68.3 Å². The molecule has 0 aliphatic rings. The van der Waals surface area contributed by atoms with Gasteiger partial charge in [0.1, 0.15) is 0 Å². The van der Waals surface area contributed by atoms with Crippen molar-refractivity contribution in [2.24, 2.45) is 0 Å². The summed E-state index contributed by atoms with van der Waals surface area (Å²) in [5.74, 6) is 0.435. The monoisotopic (exact) mass is 326 g/mol. The van der Waals surface area contributed by atoms with Crippen molar-refractivity contribution in [3.8, 4) is 5.88 Å². The van der Waals surface area contributed by atoms with Gasteiger partial charge in [0.05, 0.1) is 12.0 Å². The number of nitrogens with zero attached hydrogens (tertiary/aromatic N) is 1. The molecule has 21 heavy (non-hydrogen) atoms. The molecule has 0 aliphatic heterocycles. The lowest BCUT2D eigenvalue weighted by molar-refractivity contribution is 0.397. The van der Waals surface area contributed by atoms with Gasteiger partial charge >= 0.3 is 0 Å². The van der Waals surface area contributed by atoms with Crippen LogP contribution in [0.4, 0.5) is 0 Å². The molecule has 0 spiro atoms. The second-order valence-corrected chi connectivity index (χ2v) is 6.62. The number of aromatic nitrogens is 1. The lowest BCUT2D eigenvalue weighted by Crippen LogP contribution is -2.23. The molecule has 2 aromatic rings. The predicted octanol–water partition coefficient (Wildman–Crippen LogP) is 2.53. The lowest BCUT2D eigenvalue weighted by atomic mass is 10.2. The molecular formula is C14H15ClN2O3S. The van der Waals surface area contributed by atoms with Crippen molar-refractivity contribution in [3.05, 3.63) is 52.7 Å². The molecule has 0 unspecified atom stereocenters. The molecule has 0 radical (unpaired) electrons. The Labute approximate surface area is 129 Å². The number of halogens is 1. The molecule has 1 aromatic heterocycles. The quantitative estimate of drug-likeness (QED) is 0.916. The van der Waals surface area contributed by atoms with E-state index in [4.69, 9.17) is 16.3 Å². The number of sulfonamides is 1. The van der Waals surface area contributed by atoms with E-state index < -0.39 is 10.0 Å². The van der Waals surface area contributed by atoms with Crippen LogP contribution in [0.3, 0.4) is 0 Å². The van der Waals surface area contributed by atoms with Crippen LogP contribution < -0.4 is 9.46 Å². The number of hydrogen-bond donors (Lipinski definition) is 1. The Kier molecular flexibility index (Phi) is 4.82. The van der Waals surface area contributed by atoms with E-state index >= 15 is 0 Å². The molecule has 1 N–H and O–H groups in total. The van der Waals surface area contributed by atoms with E-state index in [1.54, 1.807) is 24.4 Å². The first-order valence-electron chi connectivity index (χ1n) is 6.17. The van der Waals surface area contributed by atoms with Crippen molar-refractivity contribution in [3.63, 3.8) is 0 Å². The molecule has 1 heterocycles. The van der Waals surface area contributed by atoms with Gasteiger partial charge in [-0.05, 0) is 36.2 Å². The number of pyridine rings is 1. The van der Waals surface area contributed by atoms with E-state index in [2.05, 4.69) is 9.71 Å². The van der Waals surface area contributed by atoms with Gasteiger partial charge in [-0.1, -0.05) is 17.7 Å². The highest BCUT2D eigenvalue weighted by atomic mass is 35.5. The fourth-order valence-electron chi connectivity index (χ4n) is 1.67. The van der Waals surface area contributed by atoms with Gasteiger partial charge in [-0.2, -0.15) is 0 Å². The lowest BCUT2D eigenvalue weighted by Gasteiger charge is -2.08. The molecule has 7 heteroatoms. The van der Waals surface area contributed by atoms with Gasteiger partial charge in [-0.15, -0.1) is 0 Å². The van der Waals surface area contributed by atoms with E-state index in [0.29, 0.717) is 10.9 Å². The van der Waals surface area contributed by atoms with Crippen LogP contribution in [0.2, 0.25) is 5.02 Å². The first kappa shape index (κ1) is 15.8. The van der Waals surface area contributed by atoms with E-state index in [9.17, 15) is 8.42 Å². The van der Waals surface area contributed by atoms with E-state index in [0.717, 1.165) is 11.1 Å². The summed E-state index contributed by atoms with van der Waals surface area (Å²) >= 11 is 5.96. The Balaban J connectivity index is 2.15. The van der Waals surface area contributed by atoms with E-state index in [1.807, 2.05) is 6.92 Å². The minimum Gasteiger partial charge on any atom is -0.481 e. The number of methoxy groups -OCH3 is 1. The third-order valence-electron chi connectivity index (χ3n) is 2.93. The first-order valence-corrected chi connectivity index (χ1v) is 8.03. The Hall–Kier alpha value is -1.63. The second-order valence-electron chi connectivity index (χ2n) is 4.44. The minimum absolute atomic E-state index is 0.138. The molecule has 0 amide bonds. The van der Waals surface area contributed by atoms with Gasteiger partial charge in [-0.3, -0.25) is 0 Å². The molecule has 0 saturated heterocycles. The summed E-state index contributed by atoms with van der Waals surface area (Å²) in [6, 6.07) is 8.02. The van der Waals surface area contributed by atoms with Crippen molar-refractivity contribution in [1.82, 2.24) is 9.71 Å². The molecule has 5 nitrogen and oxygen atoms in total. The maximum Gasteiger partial charge on any atom is 0.240 e. The third-order valence-corrected chi connectivity index (χ3v) is 4.73. The smallest absolute Gasteiger partial charge is 0.240 e. The van der Waals surface area contributed by atoms with E-state index in [1.165, 1.54) is 19.2 Å². The third kappa shape index (κ3) is 3.93. The second kappa shape index (κ2) is 6.43. The highest BCUT2D eigenvalue weighted by molar-refractivity contribution is 7.89. The van der Waals surface area contributed by atoms with E-state index in [-0.39, 0.29) is 11.4 Å². The fraction of sp³-hybridized carbons (Fsp3) is 0.214. The molecule has 2 rings (SSSR count). The van der Waals surface area contributed by atoms with Crippen molar-refractivity contribution < 1.29 is 13.2 Å². The summed E-state index contributed by atoms with van der Waals surface area (Å²) in [5.41, 5.74) is 1.58. The minimum atomic E-state index is -3.61. The van der Waals surface area contributed by atoms with Gasteiger partial charge in [0.25, 0.3) is 0 Å². The Morgan fingerprint density at radius 2 is 2.05 bits per heavy atom. The van der Waals surface area contributed by atoms with Crippen molar-refractivity contribution in [1.29, 1.82) is 0 Å². The maximum atomic E-state index is 12.2. The first-order chi connectivity index (χ1) is 9.92. The molecule has 0 bridgehead atoms. The normalized spacial score (nSPS) is 11.4. The van der Waals surface area contributed by atoms with Gasteiger partial charge in [0.15, 0.2) is 0 Å². The summed E-state index contributed by atoms with van der Waals surface area (Å²) < 4.78 is 31.9. The molecular weight excluding hydrogens is 312 g/mol. The van der Waals surface area contributed by atoms with Crippen LogP contribution in [0.25, 0.3) is 0 Å². The SMILES string of the molecule is COc1cc(CNS(=O)(=O)c2ccc(C)c(Cl)c2)ccn1. The maximum absolute atomic E-state index is 12.2. The van der Waals surface area contributed by atoms with Crippen LogP contribution in [0.5, 0.6) is 5.88 Å². The van der Waals surface area contributed by atoms with Crippen molar-refractivity contribution >= 4 is 21.6 Å². The van der Waals surface area contributed by atoms with Crippen LogP contribution in [-0.4, -0.2) is 20.5 Å². The van der Waals surface area contributed by atoms with Gasteiger partial charge in [-0.25, -0.2) is 18.1 Å². The average molecular weight is 327 g/mol. The van der Waals surface area contributed by atoms with Crippen molar-refractivity contribution in [2.45, 2.75) is 18.4 Å². The highest BCUT2D eigenvalue weighted by Crippen LogP contribution is 2.20. The van der Waals surface area contributed by atoms with Crippen LogP contribution in [-0.2, 0) is 16.6 Å². The molecule has 1 aromatic carbocycles. The van der Waals surface area contributed by atoms with Crippen LogP contribution in [0.15, 0.2) is 41.4 Å². The zero-order valence-corrected chi connectivity index (χ0v) is 13.2. The number of benzene rings is 1. The summed E-state index contributed by atoms with van der Waals surface area (Å²) in [6.45, 7) is 1.96. The Morgan fingerprint density at radius 3 is 2.71 bits per heavy atom. The summed E-state index contributed by atoms with van der Waals surface area (Å²) in [7, 11) is -2.11. The highest BCUT2D eigenvalue weighted by Gasteiger charge is 2.15. The number of hydrogen-bond acceptors (Lipinski definition) is 4. The summed E-state index contributed by atoms with van der Waals surface area (Å²) in [4.78, 5) is 4.10. The fourth-order valence-corrected chi connectivity index (χ4v) is 2.96. The number of aryl methyl sites for hydroxylation is 1. The zero-order chi connectivity index (χ0) is 15.5. The van der Waals surface area contributed by atoms with Crippen LogP contribution in [0.1, 0.15) is 11.1 Å². The summed E-state index contributed by atoms with van der Waals surface area (Å²) in [6.07, 6.45) is 1.56. The largest absolute Gasteiger partial charge is 0.481 e. The Bertz CT molecular complexity index is 748.